The zero-order valence-electron chi connectivity index (χ0n) is 18.0. The van der Waals surface area contributed by atoms with Gasteiger partial charge in [-0.05, 0) is 26.0 Å². The second-order valence-corrected chi connectivity index (χ2v) is 8.40. The average Bonchev–Trinajstić information content (AvgIpc) is 3.02. The lowest BCUT2D eigenvalue weighted by Crippen LogP contribution is -2.63. The number of aliphatic hydroxyl groups excluding tert-OH is 1. The lowest BCUT2D eigenvalue weighted by molar-refractivity contribution is -0.207. The number of aromatic amines is 1. The number of aliphatic hydroxyl groups is 1. The van der Waals surface area contributed by atoms with Gasteiger partial charge in [0.25, 0.3) is 5.56 Å². The summed E-state index contributed by atoms with van der Waals surface area (Å²) < 4.78 is 19.6. The summed E-state index contributed by atoms with van der Waals surface area (Å²) in [6.07, 6.45) is -1.06. The molecule has 1 unspecified atom stereocenters. The number of nitrogens with zero attached hydrogens (tertiary/aromatic N) is 2. The van der Waals surface area contributed by atoms with Crippen LogP contribution in [0.15, 0.2) is 46.1 Å². The molecule has 1 spiro atoms. The maximum absolute atomic E-state index is 12.5. The zero-order valence-corrected chi connectivity index (χ0v) is 18.0. The van der Waals surface area contributed by atoms with Gasteiger partial charge in [-0.1, -0.05) is 30.3 Å². The van der Waals surface area contributed by atoms with Gasteiger partial charge in [0.2, 0.25) is 0 Å². The summed E-state index contributed by atoms with van der Waals surface area (Å²) in [7, 11) is 3.43. The Balaban J connectivity index is 1.68. The van der Waals surface area contributed by atoms with E-state index in [2.05, 4.69) is 9.88 Å². The van der Waals surface area contributed by atoms with Crippen LogP contribution >= 0.6 is 0 Å². The van der Waals surface area contributed by atoms with Crippen LogP contribution in [0.4, 0.5) is 0 Å². The molecular formula is C22H29N3O6. The number of aryl methyl sites for hydroxylation is 1. The van der Waals surface area contributed by atoms with E-state index >= 15 is 0 Å². The number of rotatable bonds is 5. The summed E-state index contributed by atoms with van der Waals surface area (Å²) in [5, 5.41) is 11.4. The van der Waals surface area contributed by atoms with Crippen molar-refractivity contribution in [1.29, 1.82) is 0 Å². The van der Waals surface area contributed by atoms with Crippen molar-refractivity contribution in [3.8, 4) is 0 Å². The van der Waals surface area contributed by atoms with Crippen molar-refractivity contribution in [2.24, 2.45) is 0 Å². The number of nitrogens with one attached hydrogen (secondary N) is 1. The molecule has 2 N–H and O–H groups in total. The number of aromatic nitrogens is 2. The Bertz CT molecular complexity index is 1020. The van der Waals surface area contributed by atoms with E-state index in [0.29, 0.717) is 25.1 Å². The Morgan fingerprint density at radius 2 is 2.03 bits per heavy atom. The van der Waals surface area contributed by atoms with Gasteiger partial charge in [0.1, 0.15) is 17.8 Å². The third kappa shape index (κ3) is 3.99. The van der Waals surface area contributed by atoms with Crippen LogP contribution in [0.3, 0.4) is 0 Å². The summed E-state index contributed by atoms with van der Waals surface area (Å²) in [4.78, 5) is 28.7. The van der Waals surface area contributed by atoms with Crippen LogP contribution in [-0.4, -0.2) is 70.7 Å². The molecule has 31 heavy (non-hydrogen) atoms. The fourth-order valence-corrected chi connectivity index (χ4v) is 4.61. The molecule has 9 nitrogen and oxygen atoms in total. The van der Waals surface area contributed by atoms with Gasteiger partial charge in [0.15, 0.2) is 6.23 Å². The van der Waals surface area contributed by atoms with Crippen molar-refractivity contribution >= 4 is 0 Å². The predicted octanol–water partition coefficient (Wildman–Crippen LogP) is 0.409. The van der Waals surface area contributed by atoms with Crippen LogP contribution in [0.2, 0.25) is 0 Å². The van der Waals surface area contributed by atoms with Crippen LogP contribution in [0.5, 0.6) is 0 Å². The number of likely N-dealkylation sites (tertiary alicyclic amines) is 1. The van der Waals surface area contributed by atoms with Gasteiger partial charge in [-0.15, -0.1) is 0 Å². The van der Waals surface area contributed by atoms with Crippen LogP contribution in [0, 0.1) is 6.92 Å². The first-order valence-electron chi connectivity index (χ1n) is 10.4. The molecule has 1 aromatic carbocycles. The minimum atomic E-state index is -1.09. The lowest BCUT2D eigenvalue weighted by Gasteiger charge is -2.45. The highest BCUT2D eigenvalue weighted by Gasteiger charge is 2.61. The number of H-pyrrole nitrogens is 1. The zero-order chi connectivity index (χ0) is 22.2. The molecule has 2 aliphatic rings. The molecule has 0 amide bonds. The van der Waals surface area contributed by atoms with E-state index in [4.69, 9.17) is 14.2 Å². The summed E-state index contributed by atoms with van der Waals surface area (Å²) in [6, 6.07) is 9.81. The van der Waals surface area contributed by atoms with Gasteiger partial charge in [-0.25, -0.2) is 4.79 Å². The summed E-state index contributed by atoms with van der Waals surface area (Å²) in [5.74, 6) is 0. The molecule has 5 atom stereocenters. The largest absolute Gasteiger partial charge is 0.387 e. The van der Waals surface area contributed by atoms with Gasteiger partial charge in [0.05, 0.1) is 12.7 Å². The van der Waals surface area contributed by atoms with E-state index in [0.717, 1.165) is 12.1 Å². The first-order chi connectivity index (χ1) is 14.9. The molecule has 0 bridgehead atoms. The molecular weight excluding hydrogens is 402 g/mol. The highest BCUT2D eigenvalue weighted by Crippen LogP contribution is 2.44. The SMILES string of the molecule is CO[C@H]1C(O)[C@]2(CN(C)CC[C@H]2OCc2ccccc2)O[C@H]1n1cc(C)c(=O)[nH]c1=O. The van der Waals surface area contributed by atoms with Crippen LogP contribution < -0.4 is 11.2 Å². The summed E-state index contributed by atoms with van der Waals surface area (Å²) >= 11 is 0. The predicted molar refractivity (Wildman–Crippen MR) is 113 cm³/mol. The highest BCUT2D eigenvalue weighted by molar-refractivity contribution is 5.15. The standard InChI is InChI=1S/C22H29N3O6/c1-14-11-25(21(28)23-19(14)27)20-17(29-3)18(26)22(31-20)13-24(2)10-9-16(22)30-12-15-7-5-4-6-8-15/h4-8,11,16-18,20,26H,9-10,12-13H2,1-3H3,(H,23,27,28)/t16-,17+,18?,20-,22-/m1/s1. The minimum absolute atomic E-state index is 0.367. The minimum Gasteiger partial charge on any atom is -0.387 e. The van der Waals surface area contributed by atoms with Crippen molar-refractivity contribution in [2.75, 3.05) is 27.2 Å². The van der Waals surface area contributed by atoms with Crippen LogP contribution in [0.25, 0.3) is 0 Å². The second-order valence-electron chi connectivity index (χ2n) is 8.40. The molecule has 2 aromatic rings. The lowest BCUT2D eigenvalue weighted by atomic mass is 9.84. The van der Waals surface area contributed by atoms with Crippen molar-refractivity contribution < 1.29 is 19.3 Å². The monoisotopic (exact) mass is 431 g/mol. The molecule has 0 aliphatic carbocycles. The maximum atomic E-state index is 12.5. The van der Waals surface area contributed by atoms with Gasteiger partial charge >= 0.3 is 5.69 Å². The molecule has 2 fully saturated rings. The topological polar surface area (TPSA) is 106 Å². The number of piperidine rings is 1. The molecule has 0 radical (unpaired) electrons. The van der Waals surface area contributed by atoms with Gasteiger partial charge in [-0.3, -0.25) is 14.3 Å². The van der Waals surface area contributed by atoms with Crippen LogP contribution in [0.1, 0.15) is 23.8 Å². The first-order valence-corrected chi connectivity index (χ1v) is 10.4. The molecule has 9 heteroatoms. The molecule has 4 rings (SSSR count). The summed E-state index contributed by atoms with van der Waals surface area (Å²) in [5.41, 5.74) is -0.762. The van der Waals surface area contributed by atoms with Crippen LogP contribution in [-0.2, 0) is 20.8 Å². The summed E-state index contributed by atoms with van der Waals surface area (Å²) in [6.45, 7) is 3.20. The Morgan fingerprint density at radius 3 is 2.74 bits per heavy atom. The maximum Gasteiger partial charge on any atom is 0.330 e. The van der Waals surface area contributed by atoms with E-state index in [1.165, 1.54) is 17.9 Å². The first kappa shape index (κ1) is 21.9. The molecule has 0 saturated carbocycles. The number of likely N-dealkylation sites (N-methyl/N-ethyl adjacent to an activating group) is 1. The van der Waals surface area contributed by atoms with Crippen molar-refractivity contribution in [2.45, 2.75) is 50.1 Å². The number of hydrogen-bond donors (Lipinski definition) is 2. The molecule has 2 saturated heterocycles. The Kier molecular flexibility index (Phi) is 6.14. The fraction of sp³-hybridized carbons (Fsp3) is 0.545. The molecule has 1 aromatic heterocycles. The molecule has 168 valence electrons. The number of benzene rings is 1. The second kappa shape index (κ2) is 8.68. The fourth-order valence-electron chi connectivity index (χ4n) is 4.61. The normalized spacial score (nSPS) is 31.4. The van der Waals surface area contributed by atoms with Crippen molar-refractivity contribution in [3.63, 3.8) is 0 Å². The van der Waals surface area contributed by atoms with Gasteiger partial charge in [-0.2, -0.15) is 0 Å². The average molecular weight is 431 g/mol. The Morgan fingerprint density at radius 1 is 1.29 bits per heavy atom. The van der Waals surface area contributed by atoms with E-state index < -0.39 is 41.4 Å². The number of hydrogen-bond acceptors (Lipinski definition) is 7. The van der Waals surface area contributed by atoms with Gasteiger partial charge in [0, 0.05) is 32.0 Å². The highest BCUT2D eigenvalue weighted by atomic mass is 16.6. The van der Waals surface area contributed by atoms with E-state index in [9.17, 15) is 14.7 Å². The van der Waals surface area contributed by atoms with E-state index in [1.807, 2.05) is 37.4 Å². The molecule has 3 heterocycles. The van der Waals surface area contributed by atoms with Crippen molar-refractivity contribution in [1.82, 2.24) is 14.5 Å². The number of ether oxygens (including phenoxy) is 3. The quantitative estimate of drug-likeness (QED) is 0.706. The van der Waals surface area contributed by atoms with E-state index in [-0.39, 0.29) is 0 Å². The third-order valence-electron chi connectivity index (χ3n) is 6.25. The van der Waals surface area contributed by atoms with Gasteiger partial charge < -0.3 is 24.2 Å². The third-order valence-corrected chi connectivity index (χ3v) is 6.25. The molecule has 2 aliphatic heterocycles. The Hall–Kier alpha value is -2.30. The van der Waals surface area contributed by atoms with E-state index in [1.54, 1.807) is 6.92 Å². The Labute approximate surface area is 180 Å². The smallest absolute Gasteiger partial charge is 0.330 e. The van der Waals surface area contributed by atoms with Crippen molar-refractivity contribution in [3.05, 3.63) is 68.5 Å². The number of methoxy groups -OCH3 is 1.